The van der Waals surface area contributed by atoms with Crippen LogP contribution in [-0.2, 0) is 6.61 Å². The molecule has 0 aliphatic carbocycles. The van der Waals surface area contributed by atoms with E-state index in [1.807, 2.05) is 48.5 Å². The van der Waals surface area contributed by atoms with E-state index >= 15 is 0 Å². The van der Waals surface area contributed by atoms with E-state index in [1.54, 1.807) is 0 Å². The molecule has 0 fully saturated rings. The molecule has 4 aromatic rings. The minimum absolute atomic E-state index is 0.485. The molecule has 0 bridgehead atoms. The minimum Gasteiger partial charge on any atom is -0.488 e. The summed E-state index contributed by atoms with van der Waals surface area (Å²) in [6.07, 6.45) is 0. The Balaban J connectivity index is 1.93. The van der Waals surface area contributed by atoms with Crippen LogP contribution in [0.15, 0.2) is 66.7 Å². The number of hydrogen-bond donors (Lipinski definition) is 0. The molecule has 3 heteroatoms. The first-order valence-electron chi connectivity index (χ1n) is 8.12. The number of hydrogen-bond acceptors (Lipinski definition) is 1. The molecular weight excluding hydrogens is 351 g/mol. The van der Waals surface area contributed by atoms with Gasteiger partial charge in [0.05, 0.1) is 5.02 Å². The van der Waals surface area contributed by atoms with Crippen LogP contribution in [0.4, 0.5) is 0 Å². The van der Waals surface area contributed by atoms with Gasteiger partial charge in [-0.25, -0.2) is 0 Å². The van der Waals surface area contributed by atoms with Crippen molar-refractivity contribution in [1.29, 1.82) is 0 Å². The SMILES string of the molecule is Cc1ccccc1COc1c2cccc(Cl)c2cc2cccc(Cl)c12. The van der Waals surface area contributed by atoms with Crippen LogP contribution in [0.1, 0.15) is 11.1 Å². The Morgan fingerprint density at radius 2 is 1.56 bits per heavy atom. The second kappa shape index (κ2) is 6.59. The minimum atomic E-state index is 0.485. The molecule has 0 saturated carbocycles. The van der Waals surface area contributed by atoms with Crippen LogP contribution in [0.3, 0.4) is 0 Å². The van der Waals surface area contributed by atoms with E-state index in [-0.39, 0.29) is 0 Å². The second-order valence-corrected chi connectivity index (χ2v) is 6.91. The maximum absolute atomic E-state index is 6.50. The fourth-order valence-corrected chi connectivity index (χ4v) is 3.64. The number of ether oxygens (including phenoxy) is 1. The van der Waals surface area contributed by atoms with E-state index in [2.05, 4.69) is 25.1 Å². The molecule has 0 aliphatic heterocycles. The van der Waals surface area contributed by atoms with Crippen LogP contribution in [0.2, 0.25) is 10.0 Å². The molecule has 0 atom stereocenters. The summed E-state index contributed by atoms with van der Waals surface area (Å²) in [5.74, 6) is 0.781. The van der Waals surface area contributed by atoms with Crippen molar-refractivity contribution in [2.45, 2.75) is 13.5 Å². The molecule has 124 valence electrons. The number of benzene rings is 4. The summed E-state index contributed by atoms with van der Waals surface area (Å²) >= 11 is 12.9. The van der Waals surface area contributed by atoms with Crippen LogP contribution in [0.25, 0.3) is 21.5 Å². The molecule has 0 unspecified atom stereocenters. The molecule has 0 spiro atoms. The van der Waals surface area contributed by atoms with Gasteiger partial charge in [-0.15, -0.1) is 0 Å². The smallest absolute Gasteiger partial charge is 0.137 e. The first-order valence-corrected chi connectivity index (χ1v) is 8.87. The molecule has 0 aromatic heterocycles. The second-order valence-electron chi connectivity index (χ2n) is 6.09. The summed E-state index contributed by atoms with van der Waals surface area (Å²) in [6.45, 7) is 2.57. The maximum atomic E-state index is 6.50. The topological polar surface area (TPSA) is 9.23 Å². The Morgan fingerprint density at radius 3 is 2.40 bits per heavy atom. The summed E-state index contributed by atoms with van der Waals surface area (Å²) in [6, 6.07) is 22.0. The quantitative estimate of drug-likeness (QED) is 0.348. The lowest BCUT2D eigenvalue weighted by Crippen LogP contribution is -1.99. The number of rotatable bonds is 3. The van der Waals surface area contributed by atoms with Crippen molar-refractivity contribution in [3.05, 3.63) is 87.9 Å². The van der Waals surface area contributed by atoms with E-state index in [9.17, 15) is 0 Å². The van der Waals surface area contributed by atoms with E-state index in [1.165, 1.54) is 5.56 Å². The average molecular weight is 367 g/mol. The van der Waals surface area contributed by atoms with Gasteiger partial charge in [0.25, 0.3) is 0 Å². The molecule has 0 saturated heterocycles. The first-order chi connectivity index (χ1) is 12.1. The number of halogens is 2. The summed E-state index contributed by atoms with van der Waals surface area (Å²) in [4.78, 5) is 0. The Kier molecular flexibility index (Phi) is 4.29. The van der Waals surface area contributed by atoms with Gasteiger partial charge in [0.2, 0.25) is 0 Å². The van der Waals surface area contributed by atoms with Crippen molar-refractivity contribution < 1.29 is 4.74 Å². The Bertz CT molecular complexity index is 1090. The zero-order valence-corrected chi connectivity index (χ0v) is 15.2. The highest BCUT2D eigenvalue weighted by atomic mass is 35.5. The third-order valence-electron chi connectivity index (χ3n) is 4.50. The van der Waals surface area contributed by atoms with E-state index in [0.29, 0.717) is 16.7 Å². The molecule has 0 aliphatic rings. The predicted octanol–water partition coefficient (Wildman–Crippen LogP) is 7.19. The van der Waals surface area contributed by atoms with Crippen molar-refractivity contribution in [3.8, 4) is 5.75 Å². The van der Waals surface area contributed by atoms with Crippen LogP contribution in [-0.4, -0.2) is 0 Å². The van der Waals surface area contributed by atoms with Gasteiger partial charge in [-0.05, 0) is 41.6 Å². The lowest BCUT2D eigenvalue weighted by Gasteiger charge is -2.15. The highest BCUT2D eigenvalue weighted by molar-refractivity contribution is 6.39. The van der Waals surface area contributed by atoms with Gasteiger partial charge in [0, 0.05) is 21.2 Å². The van der Waals surface area contributed by atoms with Gasteiger partial charge in [-0.3, -0.25) is 0 Å². The molecule has 0 radical (unpaired) electrons. The monoisotopic (exact) mass is 366 g/mol. The third kappa shape index (κ3) is 2.95. The highest BCUT2D eigenvalue weighted by Gasteiger charge is 2.14. The third-order valence-corrected chi connectivity index (χ3v) is 5.15. The van der Waals surface area contributed by atoms with Gasteiger partial charge < -0.3 is 4.74 Å². The molecule has 0 N–H and O–H groups in total. The van der Waals surface area contributed by atoms with Gasteiger partial charge in [0.1, 0.15) is 12.4 Å². The lowest BCUT2D eigenvalue weighted by molar-refractivity contribution is 0.313. The fraction of sp³-hybridized carbons (Fsp3) is 0.0909. The Hall–Kier alpha value is -2.22. The van der Waals surface area contributed by atoms with Crippen molar-refractivity contribution in [2.75, 3.05) is 0 Å². The van der Waals surface area contributed by atoms with E-state index < -0.39 is 0 Å². The van der Waals surface area contributed by atoms with Crippen molar-refractivity contribution in [2.24, 2.45) is 0 Å². The Labute approximate surface area is 156 Å². The van der Waals surface area contributed by atoms with Gasteiger partial charge >= 0.3 is 0 Å². The first kappa shape index (κ1) is 16.3. The lowest BCUT2D eigenvalue weighted by atomic mass is 10.0. The van der Waals surface area contributed by atoms with E-state index in [4.69, 9.17) is 27.9 Å². The summed E-state index contributed by atoms with van der Waals surface area (Å²) in [5, 5.41) is 5.28. The molecule has 4 rings (SSSR count). The Morgan fingerprint density at radius 1 is 0.800 bits per heavy atom. The van der Waals surface area contributed by atoms with Crippen LogP contribution in [0, 0.1) is 6.92 Å². The zero-order chi connectivity index (χ0) is 17.4. The van der Waals surface area contributed by atoms with Crippen molar-refractivity contribution in [3.63, 3.8) is 0 Å². The van der Waals surface area contributed by atoms with Crippen molar-refractivity contribution >= 4 is 44.7 Å². The largest absolute Gasteiger partial charge is 0.488 e. The van der Waals surface area contributed by atoms with Gasteiger partial charge in [-0.2, -0.15) is 0 Å². The highest BCUT2D eigenvalue weighted by Crippen LogP contribution is 2.41. The number of aryl methyl sites for hydroxylation is 1. The number of fused-ring (bicyclic) bond motifs is 2. The van der Waals surface area contributed by atoms with Crippen LogP contribution in [0.5, 0.6) is 5.75 Å². The standard InChI is InChI=1S/C22H16Cl2O/c1-14-6-2-3-7-16(14)13-25-22-17-9-5-10-19(23)18(17)12-15-8-4-11-20(24)21(15)22/h2-12H,13H2,1H3. The maximum Gasteiger partial charge on any atom is 0.137 e. The average Bonchev–Trinajstić information content (AvgIpc) is 2.61. The summed E-state index contributed by atoms with van der Waals surface area (Å²) < 4.78 is 6.29. The molecule has 4 aromatic carbocycles. The van der Waals surface area contributed by atoms with Gasteiger partial charge in [-0.1, -0.05) is 71.7 Å². The zero-order valence-electron chi connectivity index (χ0n) is 13.7. The normalized spacial score (nSPS) is 11.2. The van der Waals surface area contributed by atoms with Crippen LogP contribution >= 0.6 is 23.2 Å². The molecule has 1 nitrogen and oxygen atoms in total. The molecule has 0 amide bonds. The van der Waals surface area contributed by atoms with E-state index in [0.717, 1.165) is 32.9 Å². The van der Waals surface area contributed by atoms with Crippen molar-refractivity contribution in [1.82, 2.24) is 0 Å². The fourth-order valence-electron chi connectivity index (χ4n) is 3.14. The molecule has 0 heterocycles. The molecular formula is C22H16Cl2O. The summed E-state index contributed by atoms with van der Waals surface area (Å²) in [5.41, 5.74) is 2.36. The summed E-state index contributed by atoms with van der Waals surface area (Å²) in [7, 11) is 0. The van der Waals surface area contributed by atoms with Crippen LogP contribution < -0.4 is 4.74 Å². The molecule has 25 heavy (non-hydrogen) atoms. The predicted molar refractivity (Wildman–Crippen MR) is 107 cm³/mol. The van der Waals surface area contributed by atoms with Gasteiger partial charge in [0.15, 0.2) is 0 Å².